The van der Waals surface area contributed by atoms with Crippen molar-refractivity contribution >= 4 is 5.91 Å². The Morgan fingerprint density at radius 1 is 1.46 bits per heavy atom. The number of hydrogen-bond acceptors (Lipinski definition) is 4. The van der Waals surface area contributed by atoms with Crippen molar-refractivity contribution in [1.82, 2.24) is 15.8 Å². The van der Waals surface area contributed by atoms with Gasteiger partial charge in [0, 0.05) is 18.9 Å². The first-order valence-corrected chi connectivity index (χ1v) is 3.93. The number of rotatable bonds is 4. The Hall–Kier alpha value is -1.46. The molecule has 4 N–H and O–H groups in total. The van der Waals surface area contributed by atoms with E-state index >= 15 is 0 Å². The molecule has 0 saturated carbocycles. The lowest BCUT2D eigenvalue weighted by Gasteiger charge is -2.04. The summed E-state index contributed by atoms with van der Waals surface area (Å²) in [5, 5.41) is 0. The van der Waals surface area contributed by atoms with Gasteiger partial charge in [0.2, 0.25) is 5.91 Å². The van der Waals surface area contributed by atoms with Crippen LogP contribution in [-0.4, -0.2) is 17.4 Å². The van der Waals surface area contributed by atoms with Crippen LogP contribution in [-0.2, 0) is 11.3 Å². The van der Waals surface area contributed by atoms with Crippen LogP contribution in [0.2, 0.25) is 0 Å². The SMILES string of the molecule is NCC(=O)NNCc1ccncc1. The second-order valence-electron chi connectivity index (χ2n) is 2.46. The molecule has 0 saturated heterocycles. The van der Waals surface area contributed by atoms with Crippen LogP contribution in [0.4, 0.5) is 0 Å². The van der Waals surface area contributed by atoms with E-state index in [9.17, 15) is 4.79 Å². The summed E-state index contributed by atoms with van der Waals surface area (Å²) in [6.45, 7) is 0.553. The molecule has 0 atom stereocenters. The van der Waals surface area contributed by atoms with Crippen LogP contribution in [0.1, 0.15) is 5.56 Å². The first-order valence-electron chi connectivity index (χ1n) is 3.93. The molecule has 0 aliphatic carbocycles. The maximum absolute atomic E-state index is 10.7. The molecule has 1 heterocycles. The first kappa shape index (κ1) is 9.63. The Bertz CT molecular complexity index is 262. The predicted molar refractivity (Wildman–Crippen MR) is 48.3 cm³/mol. The molecule has 0 aliphatic heterocycles. The number of carbonyl (C=O) groups excluding carboxylic acids is 1. The smallest absolute Gasteiger partial charge is 0.247 e. The minimum absolute atomic E-state index is 0.0106. The number of carbonyl (C=O) groups is 1. The molecule has 1 rings (SSSR count). The van der Waals surface area contributed by atoms with E-state index in [4.69, 9.17) is 5.73 Å². The van der Waals surface area contributed by atoms with E-state index in [-0.39, 0.29) is 12.5 Å². The Kier molecular flexibility index (Phi) is 3.87. The third-order valence-corrected chi connectivity index (χ3v) is 1.46. The van der Waals surface area contributed by atoms with Gasteiger partial charge in [0.1, 0.15) is 0 Å². The zero-order chi connectivity index (χ0) is 9.52. The van der Waals surface area contributed by atoms with Crippen LogP contribution in [0.25, 0.3) is 0 Å². The molecule has 1 aromatic heterocycles. The number of pyridine rings is 1. The van der Waals surface area contributed by atoms with Gasteiger partial charge in [-0.05, 0) is 17.7 Å². The van der Waals surface area contributed by atoms with Crippen molar-refractivity contribution in [2.75, 3.05) is 6.54 Å². The summed E-state index contributed by atoms with van der Waals surface area (Å²) >= 11 is 0. The number of amides is 1. The molecule has 0 aliphatic rings. The minimum Gasteiger partial charge on any atom is -0.322 e. The average molecular weight is 180 g/mol. The van der Waals surface area contributed by atoms with E-state index in [1.54, 1.807) is 12.4 Å². The fourth-order valence-electron chi connectivity index (χ4n) is 0.797. The van der Waals surface area contributed by atoms with Gasteiger partial charge in [-0.25, -0.2) is 5.43 Å². The first-order chi connectivity index (χ1) is 6.33. The monoisotopic (exact) mass is 180 g/mol. The molecule has 0 spiro atoms. The van der Waals surface area contributed by atoms with E-state index in [1.807, 2.05) is 12.1 Å². The molecule has 5 heteroatoms. The van der Waals surface area contributed by atoms with Gasteiger partial charge in [0.05, 0.1) is 6.54 Å². The van der Waals surface area contributed by atoms with Crippen molar-refractivity contribution in [2.45, 2.75) is 6.54 Å². The average Bonchev–Trinajstić information content (AvgIpc) is 2.19. The molecule has 70 valence electrons. The van der Waals surface area contributed by atoms with E-state index in [0.29, 0.717) is 6.54 Å². The molecule has 1 amide bonds. The van der Waals surface area contributed by atoms with Crippen molar-refractivity contribution in [3.63, 3.8) is 0 Å². The summed E-state index contributed by atoms with van der Waals surface area (Å²) in [6, 6.07) is 3.73. The quantitative estimate of drug-likeness (QED) is 0.528. The second-order valence-corrected chi connectivity index (χ2v) is 2.46. The molecule has 0 aromatic carbocycles. The van der Waals surface area contributed by atoms with Gasteiger partial charge in [-0.15, -0.1) is 0 Å². The van der Waals surface area contributed by atoms with E-state index in [2.05, 4.69) is 15.8 Å². The van der Waals surface area contributed by atoms with Gasteiger partial charge in [0.25, 0.3) is 0 Å². The van der Waals surface area contributed by atoms with Gasteiger partial charge in [-0.3, -0.25) is 15.2 Å². The third kappa shape index (κ3) is 3.64. The van der Waals surface area contributed by atoms with Gasteiger partial charge in [0.15, 0.2) is 0 Å². The maximum atomic E-state index is 10.7. The molecule has 0 radical (unpaired) electrons. The van der Waals surface area contributed by atoms with Crippen molar-refractivity contribution in [3.8, 4) is 0 Å². The fourth-order valence-corrected chi connectivity index (χ4v) is 0.797. The van der Waals surface area contributed by atoms with Crippen molar-refractivity contribution in [2.24, 2.45) is 5.73 Å². The predicted octanol–water partition coefficient (Wildman–Crippen LogP) is -0.839. The number of nitrogens with zero attached hydrogens (tertiary/aromatic N) is 1. The molecular weight excluding hydrogens is 168 g/mol. The van der Waals surface area contributed by atoms with E-state index in [0.717, 1.165) is 5.56 Å². The summed E-state index contributed by atoms with van der Waals surface area (Å²) in [4.78, 5) is 14.6. The van der Waals surface area contributed by atoms with Gasteiger partial charge < -0.3 is 5.73 Å². The highest BCUT2D eigenvalue weighted by Crippen LogP contribution is 1.93. The fraction of sp³-hybridized carbons (Fsp3) is 0.250. The van der Waals surface area contributed by atoms with Crippen molar-refractivity contribution < 1.29 is 4.79 Å². The normalized spacial score (nSPS) is 9.62. The highest BCUT2D eigenvalue weighted by atomic mass is 16.2. The summed E-state index contributed by atoms with van der Waals surface area (Å²) in [7, 11) is 0. The van der Waals surface area contributed by atoms with Crippen LogP contribution in [0, 0.1) is 0 Å². The largest absolute Gasteiger partial charge is 0.322 e. The Labute approximate surface area is 76.3 Å². The molecule has 0 bridgehead atoms. The molecule has 0 fully saturated rings. The number of aromatic nitrogens is 1. The Balaban J connectivity index is 2.24. The summed E-state index contributed by atoms with van der Waals surface area (Å²) in [5.41, 5.74) is 11.3. The highest BCUT2D eigenvalue weighted by molar-refractivity contribution is 5.77. The zero-order valence-corrected chi connectivity index (χ0v) is 7.16. The maximum Gasteiger partial charge on any atom is 0.247 e. The highest BCUT2D eigenvalue weighted by Gasteiger charge is 1.94. The number of nitrogens with two attached hydrogens (primary N) is 1. The number of hydrazine groups is 1. The topological polar surface area (TPSA) is 80.0 Å². The van der Waals surface area contributed by atoms with Gasteiger partial charge in [-0.1, -0.05) is 0 Å². The molecule has 0 unspecified atom stereocenters. The summed E-state index contributed by atoms with van der Waals surface area (Å²) in [5.74, 6) is -0.228. The lowest BCUT2D eigenvalue weighted by atomic mass is 10.3. The van der Waals surface area contributed by atoms with Crippen LogP contribution in [0.15, 0.2) is 24.5 Å². The molecule has 5 nitrogen and oxygen atoms in total. The minimum atomic E-state index is -0.228. The zero-order valence-electron chi connectivity index (χ0n) is 7.16. The Morgan fingerprint density at radius 3 is 2.77 bits per heavy atom. The lowest BCUT2D eigenvalue weighted by Crippen LogP contribution is -2.40. The van der Waals surface area contributed by atoms with Crippen molar-refractivity contribution in [1.29, 1.82) is 0 Å². The van der Waals surface area contributed by atoms with Crippen LogP contribution >= 0.6 is 0 Å². The Morgan fingerprint density at radius 2 is 2.15 bits per heavy atom. The summed E-state index contributed by atoms with van der Waals surface area (Å²) < 4.78 is 0. The van der Waals surface area contributed by atoms with Gasteiger partial charge in [-0.2, -0.15) is 0 Å². The number of hydrogen-bond donors (Lipinski definition) is 3. The lowest BCUT2D eigenvalue weighted by molar-refractivity contribution is -0.120. The van der Waals surface area contributed by atoms with Crippen LogP contribution in [0.3, 0.4) is 0 Å². The molecule has 13 heavy (non-hydrogen) atoms. The standard InChI is InChI=1S/C8H12N4O/c9-5-8(13)12-11-6-7-1-3-10-4-2-7/h1-4,11H,5-6,9H2,(H,12,13). The third-order valence-electron chi connectivity index (χ3n) is 1.46. The molecule has 1 aromatic rings. The summed E-state index contributed by atoms with van der Waals surface area (Å²) in [6.07, 6.45) is 3.39. The van der Waals surface area contributed by atoms with Gasteiger partial charge >= 0.3 is 0 Å². The number of nitrogens with one attached hydrogen (secondary N) is 2. The van der Waals surface area contributed by atoms with E-state index < -0.39 is 0 Å². The van der Waals surface area contributed by atoms with Crippen molar-refractivity contribution in [3.05, 3.63) is 30.1 Å². The van der Waals surface area contributed by atoms with Crippen LogP contribution < -0.4 is 16.6 Å². The van der Waals surface area contributed by atoms with Crippen LogP contribution in [0.5, 0.6) is 0 Å². The second kappa shape index (κ2) is 5.23. The molecular formula is C8H12N4O. The van der Waals surface area contributed by atoms with E-state index in [1.165, 1.54) is 0 Å².